The first-order valence-corrected chi connectivity index (χ1v) is 11.8. The van der Waals surface area contributed by atoms with E-state index in [1.165, 1.54) is 0 Å². The number of rotatable bonds is 6. The van der Waals surface area contributed by atoms with Gasteiger partial charge in [-0.05, 0) is 61.6 Å². The number of hydrogen-bond donors (Lipinski definition) is 2. The first-order chi connectivity index (χ1) is 15.9. The quantitative estimate of drug-likeness (QED) is 0.449. The SMILES string of the molecule is Cc1nc(N2CC3C(C)[C@H]3C2)ccc1Cn1cc(C(=O)C(=N)C2CCc3c2n[nH]c3C)cn1. The van der Waals surface area contributed by atoms with Crippen LogP contribution in [0.2, 0.25) is 0 Å². The molecule has 2 N–H and O–H groups in total. The second kappa shape index (κ2) is 7.37. The summed E-state index contributed by atoms with van der Waals surface area (Å²) in [4.78, 5) is 20.2. The lowest BCUT2D eigenvalue weighted by Gasteiger charge is -2.21. The van der Waals surface area contributed by atoms with Crippen molar-refractivity contribution in [3.8, 4) is 0 Å². The van der Waals surface area contributed by atoms with E-state index >= 15 is 0 Å². The summed E-state index contributed by atoms with van der Waals surface area (Å²) in [5, 5.41) is 20.2. The van der Waals surface area contributed by atoms with Crippen LogP contribution in [0.25, 0.3) is 0 Å². The summed E-state index contributed by atoms with van der Waals surface area (Å²) in [6, 6.07) is 4.22. The van der Waals surface area contributed by atoms with Gasteiger partial charge in [0.05, 0.1) is 29.7 Å². The van der Waals surface area contributed by atoms with E-state index in [0.29, 0.717) is 12.1 Å². The lowest BCUT2D eigenvalue weighted by molar-refractivity contribution is 0.106. The molecule has 0 spiro atoms. The highest BCUT2D eigenvalue weighted by molar-refractivity contribution is 6.46. The number of carbonyl (C=O) groups is 1. The monoisotopic (exact) mass is 443 g/mol. The lowest BCUT2D eigenvalue weighted by atomic mass is 9.95. The van der Waals surface area contributed by atoms with Crippen molar-refractivity contribution in [2.24, 2.45) is 17.8 Å². The number of nitrogens with zero attached hydrogens (tertiary/aromatic N) is 5. The maximum Gasteiger partial charge on any atom is 0.210 e. The molecular formula is C25H29N7O. The van der Waals surface area contributed by atoms with Crippen LogP contribution in [-0.4, -0.2) is 49.5 Å². The van der Waals surface area contributed by atoms with Crippen molar-refractivity contribution >= 4 is 17.3 Å². The Morgan fingerprint density at radius 3 is 2.79 bits per heavy atom. The number of aryl methyl sites for hydroxylation is 2. The average molecular weight is 444 g/mol. The van der Waals surface area contributed by atoms with Crippen LogP contribution in [0.15, 0.2) is 24.5 Å². The van der Waals surface area contributed by atoms with Crippen LogP contribution in [0.5, 0.6) is 0 Å². The molecule has 3 aromatic rings. The first-order valence-electron chi connectivity index (χ1n) is 11.8. The topological polar surface area (TPSA) is 104 Å². The number of carbonyl (C=O) groups excluding carboxylic acids is 1. The highest BCUT2D eigenvalue weighted by Gasteiger charge is 2.52. The summed E-state index contributed by atoms with van der Waals surface area (Å²) < 4.78 is 1.76. The third-order valence-electron chi connectivity index (χ3n) is 8.07. The van der Waals surface area contributed by atoms with Crippen LogP contribution >= 0.6 is 0 Å². The third kappa shape index (κ3) is 3.31. The zero-order chi connectivity index (χ0) is 22.9. The molecule has 1 saturated carbocycles. The van der Waals surface area contributed by atoms with Gasteiger partial charge in [0, 0.05) is 36.6 Å². The van der Waals surface area contributed by atoms with E-state index in [-0.39, 0.29) is 17.4 Å². The zero-order valence-electron chi connectivity index (χ0n) is 19.3. The molecule has 33 heavy (non-hydrogen) atoms. The van der Waals surface area contributed by atoms with Gasteiger partial charge < -0.3 is 10.3 Å². The van der Waals surface area contributed by atoms with Gasteiger partial charge >= 0.3 is 0 Å². The second-order valence-electron chi connectivity index (χ2n) is 9.98. The predicted octanol–water partition coefficient (Wildman–Crippen LogP) is 3.30. The number of piperidine rings is 1. The van der Waals surface area contributed by atoms with Gasteiger partial charge in [0.15, 0.2) is 0 Å². The summed E-state index contributed by atoms with van der Waals surface area (Å²) in [5.41, 5.74) is 5.66. The van der Waals surface area contributed by atoms with Crippen LogP contribution < -0.4 is 4.90 Å². The molecule has 4 atom stereocenters. The number of nitrogens with one attached hydrogen (secondary N) is 2. The molecule has 3 unspecified atom stereocenters. The number of H-pyrrole nitrogens is 1. The fourth-order valence-electron chi connectivity index (χ4n) is 5.77. The minimum Gasteiger partial charge on any atom is -0.356 e. The van der Waals surface area contributed by atoms with Gasteiger partial charge in [0.25, 0.3) is 0 Å². The van der Waals surface area contributed by atoms with Crippen LogP contribution in [0.4, 0.5) is 5.82 Å². The Kier molecular flexibility index (Phi) is 4.54. The molecule has 3 aromatic heterocycles. The van der Waals surface area contributed by atoms with Gasteiger partial charge in [-0.3, -0.25) is 14.6 Å². The molecule has 6 rings (SSSR count). The van der Waals surface area contributed by atoms with Gasteiger partial charge in [-0.2, -0.15) is 10.2 Å². The number of pyridine rings is 1. The van der Waals surface area contributed by atoms with Crippen molar-refractivity contribution in [3.05, 3.63) is 58.3 Å². The fourth-order valence-corrected chi connectivity index (χ4v) is 5.77. The smallest absolute Gasteiger partial charge is 0.210 e. The molecule has 0 radical (unpaired) electrons. The van der Waals surface area contributed by atoms with Gasteiger partial charge in [0.1, 0.15) is 5.82 Å². The average Bonchev–Trinajstić information content (AvgIpc) is 3.40. The minimum absolute atomic E-state index is 0.0972. The number of aromatic nitrogens is 5. The Morgan fingerprint density at radius 2 is 2.03 bits per heavy atom. The zero-order valence-corrected chi connectivity index (χ0v) is 19.3. The highest BCUT2D eigenvalue weighted by Crippen LogP contribution is 2.51. The van der Waals surface area contributed by atoms with Crippen molar-refractivity contribution in [1.29, 1.82) is 5.41 Å². The largest absolute Gasteiger partial charge is 0.356 e. The summed E-state index contributed by atoms with van der Waals surface area (Å²) >= 11 is 0. The van der Waals surface area contributed by atoms with Crippen molar-refractivity contribution in [2.75, 3.05) is 18.0 Å². The predicted molar refractivity (Wildman–Crippen MR) is 125 cm³/mol. The van der Waals surface area contributed by atoms with Crippen molar-refractivity contribution < 1.29 is 4.79 Å². The number of fused-ring (bicyclic) bond motifs is 2. The Bertz CT molecular complexity index is 1260. The number of anilines is 1. The van der Waals surface area contributed by atoms with E-state index in [9.17, 15) is 4.79 Å². The summed E-state index contributed by atoms with van der Waals surface area (Å²) in [7, 11) is 0. The molecule has 1 saturated heterocycles. The Morgan fingerprint density at radius 1 is 1.24 bits per heavy atom. The van der Waals surface area contributed by atoms with Gasteiger partial charge in [-0.25, -0.2) is 4.98 Å². The second-order valence-corrected chi connectivity index (χ2v) is 9.98. The van der Waals surface area contributed by atoms with E-state index in [2.05, 4.69) is 39.3 Å². The van der Waals surface area contributed by atoms with E-state index in [4.69, 9.17) is 10.4 Å². The molecule has 170 valence electrons. The first kappa shape index (κ1) is 20.3. The van der Waals surface area contributed by atoms with Crippen LogP contribution in [0, 0.1) is 37.0 Å². The van der Waals surface area contributed by atoms with Crippen molar-refractivity contribution in [1.82, 2.24) is 25.0 Å². The Labute approximate surface area is 192 Å². The van der Waals surface area contributed by atoms with Crippen LogP contribution in [0.1, 0.15) is 57.8 Å². The number of Topliss-reactive ketones (excluding diaryl/α,β-unsaturated/α-hetero) is 1. The van der Waals surface area contributed by atoms with Crippen molar-refractivity contribution in [2.45, 2.75) is 46.1 Å². The summed E-state index contributed by atoms with van der Waals surface area (Å²) in [6.07, 6.45) is 4.93. The number of aromatic amines is 1. The van der Waals surface area contributed by atoms with Gasteiger partial charge in [0.2, 0.25) is 5.78 Å². The normalized spacial score (nSPS) is 25.2. The molecule has 3 aliphatic rings. The fraction of sp³-hybridized carbons (Fsp3) is 0.480. The van der Waals surface area contributed by atoms with E-state index in [0.717, 1.165) is 77.7 Å². The van der Waals surface area contributed by atoms with E-state index in [1.807, 2.05) is 13.8 Å². The molecule has 2 fully saturated rings. The Balaban J connectivity index is 1.13. The maximum absolute atomic E-state index is 13.0. The van der Waals surface area contributed by atoms with Gasteiger partial charge in [-0.1, -0.05) is 13.0 Å². The standard InChI is InChI=1S/C25H29N7O/c1-13-20-11-31(12-21(13)20)22-7-4-16(14(2)28-22)9-32-10-17(8-27-32)25(33)23(26)19-6-5-18-15(3)29-30-24(18)19/h4,7-8,10,13,19-21,26H,5-6,9,11-12H2,1-3H3,(H,29,30)/t13?,19?,20-,21?/m1/s1. The molecule has 0 aromatic carbocycles. The van der Waals surface area contributed by atoms with Gasteiger partial charge in [-0.15, -0.1) is 0 Å². The van der Waals surface area contributed by atoms with Crippen LogP contribution in [0.3, 0.4) is 0 Å². The molecule has 8 nitrogen and oxygen atoms in total. The lowest BCUT2D eigenvalue weighted by Crippen LogP contribution is -2.24. The molecule has 0 amide bonds. The van der Waals surface area contributed by atoms with E-state index in [1.54, 1.807) is 17.1 Å². The highest BCUT2D eigenvalue weighted by atomic mass is 16.1. The molecule has 2 aliphatic carbocycles. The summed E-state index contributed by atoms with van der Waals surface area (Å²) in [6.45, 7) is 9.16. The third-order valence-corrected chi connectivity index (χ3v) is 8.07. The maximum atomic E-state index is 13.0. The van der Waals surface area contributed by atoms with Crippen molar-refractivity contribution in [3.63, 3.8) is 0 Å². The number of hydrogen-bond acceptors (Lipinski definition) is 6. The molecule has 4 heterocycles. The van der Waals surface area contributed by atoms with E-state index < -0.39 is 0 Å². The Hall–Kier alpha value is -3.29. The molecule has 8 heteroatoms. The molecular weight excluding hydrogens is 414 g/mol. The number of ketones is 1. The minimum atomic E-state index is -0.272. The molecule has 1 aliphatic heterocycles. The van der Waals surface area contributed by atoms with Crippen LogP contribution in [-0.2, 0) is 13.0 Å². The molecule has 0 bridgehead atoms. The summed E-state index contributed by atoms with van der Waals surface area (Å²) in [5.74, 6) is 3.12.